The van der Waals surface area contributed by atoms with Gasteiger partial charge >= 0.3 is 0 Å². The molecule has 4 heteroatoms. The minimum absolute atomic E-state index is 0.0799. The van der Waals surface area contributed by atoms with Gasteiger partial charge in [-0.1, -0.05) is 43.3 Å². The Morgan fingerprint density at radius 3 is 2.15 bits per heavy atom. The van der Waals surface area contributed by atoms with Gasteiger partial charge in [-0.25, -0.2) is 0 Å². The van der Waals surface area contributed by atoms with Crippen LogP contribution in [-0.2, 0) is 11.2 Å². The molecule has 1 atom stereocenters. The largest absolute Gasteiger partial charge is 0.378 e. The van der Waals surface area contributed by atoms with Gasteiger partial charge in [-0.15, -0.1) is 0 Å². The molecule has 0 saturated heterocycles. The molecule has 1 N–H and O–H groups in total. The Morgan fingerprint density at radius 1 is 1.00 bits per heavy atom. The Balaban J connectivity index is 1.94. The zero-order chi connectivity index (χ0) is 19.8. The molecule has 0 radical (unpaired) electrons. The molecule has 144 valence electrons. The summed E-state index contributed by atoms with van der Waals surface area (Å²) in [5.74, 6) is -0.0799. The van der Waals surface area contributed by atoms with E-state index in [-0.39, 0.29) is 11.9 Å². The first-order chi connectivity index (χ1) is 12.9. The van der Waals surface area contributed by atoms with Crippen LogP contribution < -0.4 is 10.2 Å². The molecule has 0 aliphatic heterocycles. The second-order valence-corrected chi connectivity index (χ2v) is 7.14. The monoisotopic (exact) mass is 365 g/mol. The van der Waals surface area contributed by atoms with Crippen LogP contribution >= 0.6 is 0 Å². The number of anilines is 1. The number of aryl methyl sites for hydroxylation is 1. The van der Waals surface area contributed by atoms with Crippen LogP contribution in [-0.4, -0.2) is 45.5 Å². The highest BCUT2D eigenvalue weighted by molar-refractivity contribution is 5.91. The van der Waals surface area contributed by atoms with E-state index in [1.165, 1.54) is 11.1 Å². The molecule has 0 spiro atoms. The molecule has 0 aliphatic carbocycles. The Hall–Kier alpha value is -2.59. The highest BCUT2D eigenvalue weighted by Crippen LogP contribution is 2.18. The summed E-state index contributed by atoms with van der Waals surface area (Å²) in [6.07, 6.45) is 4.47. The van der Waals surface area contributed by atoms with E-state index >= 15 is 0 Å². The minimum atomic E-state index is -0.0799. The van der Waals surface area contributed by atoms with E-state index in [1.54, 1.807) is 6.08 Å². The zero-order valence-electron chi connectivity index (χ0n) is 17.1. The third-order valence-corrected chi connectivity index (χ3v) is 4.70. The summed E-state index contributed by atoms with van der Waals surface area (Å²) in [5.41, 5.74) is 4.68. The van der Waals surface area contributed by atoms with Crippen molar-refractivity contribution in [2.75, 3.05) is 39.6 Å². The number of carbonyl (C=O) groups excluding carboxylic acids is 1. The summed E-state index contributed by atoms with van der Waals surface area (Å²) in [7, 11) is 8.09. The van der Waals surface area contributed by atoms with E-state index in [0.29, 0.717) is 6.54 Å². The molecule has 2 aromatic rings. The van der Waals surface area contributed by atoms with Gasteiger partial charge in [0.05, 0.1) is 6.04 Å². The van der Waals surface area contributed by atoms with Crippen LogP contribution in [0.15, 0.2) is 54.6 Å². The summed E-state index contributed by atoms with van der Waals surface area (Å²) in [6.45, 7) is 2.72. The van der Waals surface area contributed by atoms with E-state index < -0.39 is 0 Å². The lowest BCUT2D eigenvalue weighted by Crippen LogP contribution is -2.33. The molecule has 4 nitrogen and oxygen atoms in total. The quantitative estimate of drug-likeness (QED) is 0.724. The van der Waals surface area contributed by atoms with Gasteiger partial charge in [-0.2, -0.15) is 0 Å². The van der Waals surface area contributed by atoms with Gasteiger partial charge in [0.2, 0.25) is 5.91 Å². The van der Waals surface area contributed by atoms with Crippen LogP contribution in [0.25, 0.3) is 6.08 Å². The highest BCUT2D eigenvalue weighted by Gasteiger charge is 2.14. The number of hydrogen-bond acceptors (Lipinski definition) is 3. The van der Waals surface area contributed by atoms with Crippen molar-refractivity contribution in [2.45, 2.75) is 19.4 Å². The number of nitrogens with zero attached hydrogens (tertiary/aromatic N) is 2. The fourth-order valence-corrected chi connectivity index (χ4v) is 2.89. The molecule has 1 unspecified atom stereocenters. The molecule has 0 bridgehead atoms. The average molecular weight is 366 g/mol. The van der Waals surface area contributed by atoms with E-state index in [9.17, 15) is 4.79 Å². The molecule has 2 rings (SSSR count). The molecule has 0 fully saturated rings. The number of carbonyl (C=O) groups is 1. The van der Waals surface area contributed by atoms with Gasteiger partial charge in [-0.3, -0.25) is 4.79 Å². The first kappa shape index (κ1) is 20.7. The van der Waals surface area contributed by atoms with E-state index in [0.717, 1.165) is 17.7 Å². The molecule has 1 amide bonds. The Bertz CT molecular complexity index is 746. The number of hydrogen-bond donors (Lipinski definition) is 1. The lowest BCUT2D eigenvalue weighted by Gasteiger charge is -2.25. The Kier molecular flexibility index (Phi) is 7.62. The maximum Gasteiger partial charge on any atom is 0.244 e. The summed E-state index contributed by atoms with van der Waals surface area (Å²) < 4.78 is 0. The lowest BCUT2D eigenvalue weighted by molar-refractivity contribution is -0.116. The van der Waals surface area contributed by atoms with Crippen molar-refractivity contribution >= 4 is 17.7 Å². The second kappa shape index (κ2) is 9.93. The molecule has 0 saturated carbocycles. The van der Waals surface area contributed by atoms with Gasteiger partial charge in [0.15, 0.2) is 0 Å². The molecule has 0 aromatic heterocycles. The van der Waals surface area contributed by atoms with E-state index in [4.69, 9.17) is 0 Å². The van der Waals surface area contributed by atoms with E-state index in [1.807, 2.05) is 58.5 Å². The fraction of sp³-hybridized carbons (Fsp3) is 0.348. The number of amides is 1. The minimum Gasteiger partial charge on any atom is -0.378 e. The predicted octanol–water partition coefficient (Wildman–Crippen LogP) is 3.75. The third-order valence-electron chi connectivity index (χ3n) is 4.70. The van der Waals surface area contributed by atoms with Crippen molar-refractivity contribution in [3.05, 3.63) is 71.3 Å². The number of nitrogens with one attached hydrogen (secondary N) is 1. The van der Waals surface area contributed by atoms with Gasteiger partial charge in [-0.05, 0) is 55.4 Å². The number of likely N-dealkylation sites (N-methyl/N-ethyl adjacent to an activating group) is 1. The molecule has 27 heavy (non-hydrogen) atoms. The maximum atomic E-state index is 12.2. The van der Waals surface area contributed by atoms with Crippen LogP contribution in [0.1, 0.15) is 29.7 Å². The molecule has 0 aliphatic rings. The molecular formula is C23H31N3O. The topological polar surface area (TPSA) is 35.6 Å². The Labute approximate surface area is 163 Å². The van der Waals surface area contributed by atoms with Crippen LogP contribution in [0, 0.1) is 0 Å². The van der Waals surface area contributed by atoms with E-state index in [2.05, 4.69) is 46.3 Å². The highest BCUT2D eigenvalue weighted by atomic mass is 16.1. The zero-order valence-corrected chi connectivity index (χ0v) is 17.1. The predicted molar refractivity (Wildman–Crippen MR) is 115 cm³/mol. The third kappa shape index (κ3) is 6.26. The van der Waals surface area contributed by atoms with Crippen LogP contribution in [0.5, 0.6) is 0 Å². The lowest BCUT2D eigenvalue weighted by atomic mass is 10.0. The fourth-order valence-electron chi connectivity index (χ4n) is 2.89. The smallest absolute Gasteiger partial charge is 0.244 e. The van der Waals surface area contributed by atoms with Crippen LogP contribution in [0.2, 0.25) is 0 Å². The van der Waals surface area contributed by atoms with Crippen molar-refractivity contribution < 1.29 is 4.79 Å². The van der Waals surface area contributed by atoms with Crippen molar-refractivity contribution in [3.63, 3.8) is 0 Å². The summed E-state index contributed by atoms with van der Waals surface area (Å²) in [6, 6.07) is 16.9. The number of benzene rings is 2. The summed E-state index contributed by atoms with van der Waals surface area (Å²) in [4.78, 5) is 16.4. The van der Waals surface area contributed by atoms with Gasteiger partial charge in [0.1, 0.15) is 0 Å². The van der Waals surface area contributed by atoms with Gasteiger partial charge in [0.25, 0.3) is 0 Å². The van der Waals surface area contributed by atoms with Gasteiger partial charge < -0.3 is 15.1 Å². The van der Waals surface area contributed by atoms with Crippen molar-refractivity contribution in [1.29, 1.82) is 0 Å². The summed E-state index contributed by atoms with van der Waals surface area (Å²) >= 11 is 0. The van der Waals surface area contributed by atoms with Crippen molar-refractivity contribution in [3.8, 4) is 0 Å². The summed E-state index contributed by atoms with van der Waals surface area (Å²) in [5, 5.41) is 3.02. The van der Waals surface area contributed by atoms with Crippen molar-refractivity contribution in [1.82, 2.24) is 10.2 Å². The standard InChI is InChI=1S/C23H31N3O/c1-6-18-7-12-20(13-8-18)22(26(4)5)17-24-23(27)16-11-19-9-14-21(15-10-19)25(2)3/h7-16,22H,6,17H2,1-5H3,(H,24,27)/b16-11+. The van der Waals surface area contributed by atoms with Crippen LogP contribution in [0.3, 0.4) is 0 Å². The first-order valence-electron chi connectivity index (χ1n) is 9.39. The normalized spacial score (nSPS) is 12.4. The average Bonchev–Trinajstić information content (AvgIpc) is 2.67. The van der Waals surface area contributed by atoms with Crippen molar-refractivity contribution in [2.24, 2.45) is 0 Å². The molecule has 0 heterocycles. The number of rotatable bonds is 8. The van der Waals surface area contributed by atoms with Gasteiger partial charge in [0, 0.05) is 32.4 Å². The maximum absolute atomic E-state index is 12.2. The first-order valence-corrected chi connectivity index (χ1v) is 9.39. The molecular weight excluding hydrogens is 334 g/mol. The molecule has 2 aromatic carbocycles. The Morgan fingerprint density at radius 2 is 1.63 bits per heavy atom. The van der Waals surface area contributed by atoms with Crippen LogP contribution in [0.4, 0.5) is 5.69 Å². The second-order valence-electron chi connectivity index (χ2n) is 7.14. The SMILES string of the molecule is CCc1ccc(C(CNC(=O)/C=C/c2ccc(N(C)C)cc2)N(C)C)cc1.